The summed E-state index contributed by atoms with van der Waals surface area (Å²) in [6.07, 6.45) is 0.520. The summed E-state index contributed by atoms with van der Waals surface area (Å²) in [6.45, 7) is 6.99. The van der Waals surface area contributed by atoms with Crippen LogP contribution in [0.15, 0.2) is 72.8 Å². The van der Waals surface area contributed by atoms with E-state index in [1.165, 1.54) is 5.56 Å². The summed E-state index contributed by atoms with van der Waals surface area (Å²) in [7, 11) is -3.30. The number of rotatable bonds is 6. The summed E-state index contributed by atoms with van der Waals surface area (Å²) in [6, 6.07) is 20.2. The highest BCUT2D eigenvalue weighted by atomic mass is 32.2. The molecule has 5 nitrogen and oxygen atoms in total. The fourth-order valence-corrected chi connectivity index (χ4v) is 5.92. The van der Waals surface area contributed by atoms with E-state index in [9.17, 15) is 8.42 Å². The second-order valence-electron chi connectivity index (χ2n) is 7.88. The summed E-state index contributed by atoms with van der Waals surface area (Å²) in [5.41, 5.74) is 3.33. The van der Waals surface area contributed by atoms with Crippen LogP contribution in [0.5, 0.6) is 0 Å². The molecule has 0 N–H and O–H groups in total. The molecule has 2 aromatic carbocycles. The maximum absolute atomic E-state index is 12.9. The average Bonchev–Trinajstić information content (AvgIpc) is 2.83. The average molecular weight is 413 g/mol. The molecule has 2 aromatic rings. The van der Waals surface area contributed by atoms with E-state index in [2.05, 4.69) is 23.6 Å². The Balaban J connectivity index is 1.51. The second-order valence-corrected chi connectivity index (χ2v) is 9.92. The topological polar surface area (TPSA) is 49.9 Å². The highest BCUT2D eigenvalue weighted by Gasteiger charge is 2.43. The van der Waals surface area contributed by atoms with Gasteiger partial charge < -0.3 is 4.74 Å². The monoisotopic (exact) mass is 412 g/mol. The Bertz CT molecular complexity index is 931. The van der Waals surface area contributed by atoms with Gasteiger partial charge in [0, 0.05) is 25.7 Å². The van der Waals surface area contributed by atoms with Gasteiger partial charge in [-0.1, -0.05) is 72.8 Å². The quantitative estimate of drug-likeness (QED) is 0.685. The van der Waals surface area contributed by atoms with Gasteiger partial charge in [0.15, 0.2) is 0 Å². The first-order chi connectivity index (χ1) is 14.0. The Morgan fingerprint density at radius 3 is 2.31 bits per heavy atom. The van der Waals surface area contributed by atoms with Crippen molar-refractivity contribution in [3.63, 3.8) is 0 Å². The molecule has 6 heteroatoms. The Labute approximate surface area is 173 Å². The third kappa shape index (κ3) is 4.78. The molecule has 2 bridgehead atoms. The van der Waals surface area contributed by atoms with E-state index < -0.39 is 10.0 Å². The molecule has 2 aliphatic heterocycles. The third-order valence-corrected chi connectivity index (χ3v) is 7.69. The molecule has 0 spiro atoms. The molecule has 3 unspecified atom stereocenters. The molecule has 29 heavy (non-hydrogen) atoms. The van der Waals surface area contributed by atoms with E-state index in [0.29, 0.717) is 32.7 Å². The highest BCUT2D eigenvalue weighted by Crippen LogP contribution is 2.30. The van der Waals surface area contributed by atoms with Gasteiger partial charge in [0.25, 0.3) is 0 Å². The lowest BCUT2D eigenvalue weighted by Crippen LogP contribution is -2.60. The lowest BCUT2D eigenvalue weighted by Gasteiger charge is -2.44. The lowest BCUT2D eigenvalue weighted by molar-refractivity contribution is 0.0215. The number of piperazine rings is 1. The summed E-state index contributed by atoms with van der Waals surface area (Å²) < 4.78 is 33.4. The molecule has 154 valence electrons. The van der Waals surface area contributed by atoms with Gasteiger partial charge in [-0.05, 0) is 17.5 Å². The van der Waals surface area contributed by atoms with E-state index in [1.807, 2.05) is 48.5 Å². The molecule has 2 heterocycles. The highest BCUT2D eigenvalue weighted by molar-refractivity contribution is 7.89. The van der Waals surface area contributed by atoms with E-state index in [4.69, 9.17) is 4.74 Å². The molecule has 0 saturated carbocycles. The molecular formula is C23H28N2O3S. The molecular weight excluding hydrogens is 384 g/mol. The van der Waals surface area contributed by atoms with Crippen LogP contribution in [0, 0.1) is 0 Å². The standard InChI is InChI=1S/C23H28N2O3S/c1-19-12-13-29(26,27)25-16-23(19)24(14-20-8-4-2-5-9-20)15-22(25)18-28-17-21-10-6-3-7-11-21/h2-11,22-23H,1,12-18H2. The molecule has 2 fully saturated rings. The molecule has 0 amide bonds. The Morgan fingerprint density at radius 1 is 0.966 bits per heavy atom. The minimum Gasteiger partial charge on any atom is -0.375 e. The minimum absolute atomic E-state index is 0.0536. The van der Waals surface area contributed by atoms with Gasteiger partial charge in [0.05, 0.1) is 25.0 Å². The van der Waals surface area contributed by atoms with Gasteiger partial charge in [-0.3, -0.25) is 4.90 Å². The van der Waals surface area contributed by atoms with Crippen LogP contribution < -0.4 is 0 Å². The number of benzene rings is 2. The first kappa shape index (κ1) is 20.3. The van der Waals surface area contributed by atoms with Crippen molar-refractivity contribution in [2.75, 3.05) is 25.4 Å². The lowest BCUT2D eigenvalue weighted by atomic mass is 9.99. The van der Waals surface area contributed by atoms with E-state index >= 15 is 0 Å². The number of hydrogen-bond acceptors (Lipinski definition) is 4. The molecule has 0 radical (unpaired) electrons. The van der Waals surface area contributed by atoms with Gasteiger partial charge in [-0.15, -0.1) is 0 Å². The predicted molar refractivity (Wildman–Crippen MR) is 115 cm³/mol. The van der Waals surface area contributed by atoms with Crippen molar-refractivity contribution in [1.29, 1.82) is 0 Å². The number of hydrogen-bond donors (Lipinski definition) is 0. The van der Waals surface area contributed by atoms with Crippen LogP contribution in [-0.4, -0.2) is 55.2 Å². The van der Waals surface area contributed by atoms with Crippen molar-refractivity contribution in [2.24, 2.45) is 0 Å². The fraction of sp³-hybridized carbons (Fsp3) is 0.391. The largest absolute Gasteiger partial charge is 0.375 e. The minimum atomic E-state index is -3.30. The first-order valence-electron chi connectivity index (χ1n) is 10.1. The summed E-state index contributed by atoms with van der Waals surface area (Å²) in [4.78, 5) is 2.37. The third-order valence-electron chi connectivity index (χ3n) is 5.81. The Hall–Kier alpha value is -1.99. The second kappa shape index (κ2) is 8.79. The van der Waals surface area contributed by atoms with Gasteiger partial charge >= 0.3 is 0 Å². The molecule has 3 atom stereocenters. The molecule has 2 saturated heterocycles. The Kier molecular flexibility index (Phi) is 6.15. The van der Waals surface area contributed by atoms with Crippen molar-refractivity contribution in [2.45, 2.75) is 31.7 Å². The van der Waals surface area contributed by atoms with Crippen molar-refractivity contribution in [1.82, 2.24) is 9.21 Å². The number of ether oxygens (including phenoxy) is 1. The van der Waals surface area contributed by atoms with Crippen molar-refractivity contribution in [3.05, 3.63) is 83.9 Å². The van der Waals surface area contributed by atoms with Gasteiger partial charge in [0.1, 0.15) is 0 Å². The van der Waals surface area contributed by atoms with Crippen molar-refractivity contribution >= 4 is 10.0 Å². The predicted octanol–water partition coefficient (Wildman–Crippen LogP) is 3.05. The zero-order chi connectivity index (χ0) is 20.3. The van der Waals surface area contributed by atoms with Crippen LogP contribution in [-0.2, 0) is 27.9 Å². The van der Waals surface area contributed by atoms with Crippen LogP contribution in [0.3, 0.4) is 0 Å². The van der Waals surface area contributed by atoms with E-state index in [-0.39, 0.29) is 17.8 Å². The summed E-state index contributed by atoms with van der Waals surface area (Å²) >= 11 is 0. The first-order valence-corrected chi connectivity index (χ1v) is 11.7. The molecule has 0 aliphatic carbocycles. The maximum Gasteiger partial charge on any atom is 0.214 e. The Morgan fingerprint density at radius 2 is 1.62 bits per heavy atom. The van der Waals surface area contributed by atoms with Gasteiger partial charge in [-0.25, -0.2) is 8.42 Å². The van der Waals surface area contributed by atoms with Crippen LogP contribution in [0.2, 0.25) is 0 Å². The van der Waals surface area contributed by atoms with Crippen molar-refractivity contribution < 1.29 is 13.2 Å². The van der Waals surface area contributed by atoms with Crippen LogP contribution in [0.1, 0.15) is 17.5 Å². The molecule has 2 aliphatic rings. The molecule has 0 aromatic heterocycles. The number of nitrogens with zero attached hydrogens (tertiary/aromatic N) is 2. The van der Waals surface area contributed by atoms with E-state index in [0.717, 1.165) is 17.7 Å². The zero-order valence-electron chi connectivity index (χ0n) is 16.6. The fourth-order valence-electron chi connectivity index (χ4n) is 4.21. The van der Waals surface area contributed by atoms with Crippen molar-refractivity contribution in [3.8, 4) is 0 Å². The van der Waals surface area contributed by atoms with Crippen LogP contribution in [0.25, 0.3) is 0 Å². The van der Waals surface area contributed by atoms with Gasteiger partial charge in [0.2, 0.25) is 10.0 Å². The van der Waals surface area contributed by atoms with Crippen LogP contribution in [0.4, 0.5) is 0 Å². The zero-order valence-corrected chi connectivity index (χ0v) is 17.4. The van der Waals surface area contributed by atoms with Crippen LogP contribution >= 0.6 is 0 Å². The number of fused-ring (bicyclic) bond motifs is 2. The van der Waals surface area contributed by atoms with Gasteiger partial charge in [-0.2, -0.15) is 4.31 Å². The maximum atomic E-state index is 12.9. The molecule has 4 rings (SSSR count). The van der Waals surface area contributed by atoms with E-state index in [1.54, 1.807) is 4.31 Å². The smallest absolute Gasteiger partial charge is 0.214 e. The number of sulfonamides is 1. The summed E-state index contributed by atoms with van der Waals surface area (Å²) in [5, 5.41) is 0. The summed E-state index contributed by atoms with van der Waals surface area (Å²) in [5.74, 6) is 0.136. The normalized spacial score (nSPS) is 26.8. The SMILES string of the molecule is C=C1CCS(=O)(=O)N2CC1N(Cc1ccccc1)CC2COCc1ccccc1.